The maximum absolute atomic E-state index is 12.4. The van der Waals surface area contributed by atoms with Crippen LogP contribution in [-0.2, 0) is 19.8 Å². The molecule has 10 N–H and O–H groups in total. The van der Waals surface area contributed by atoms with Crippen LogP contribution in [0.15, 0.2) is 4.52 Å². The summed E-state index contributed by atoms with van der Waals surface area (Å²) in [5.41, 5.74) is 16.5. The highest BCUT2D eigenvalue weighted by Gasteiger charge is 2.32. The molecule has 1 aromatic heterocycles. The van der Waals surface area contributed by atoms with Crippen molar-refractivity contribution in [1.82, 2.24) is 19.6 Å². The molecule has 1 aromatic rings. The second kappa shape index (κ2) is 11.9. The van der Waals surface area contributed by atoms with E-state index in [0.717, 1.165) is 19.8 Å². The van der Waals surface area contributed by atoms with Crippen molar-refractivity contribution in [2.24, 2.45) is 17.2 Å². The average molecular weight is 452 g/mol. The number of amides is 1. The third kappa shape index (κ3) is 8.68. The summed E-state index contributed by atoms with van der Waals surface area (Å²) in [4.78, 5) is 26.4. The van der Waals surface area contributed by atoms with Crippen molar-refractivity contribution in [2.75, 3.05) is 6.54 Å². The Morgan fingerprint density at radius 3 is 2.43 bits per heavy atom. The molecule has 30 heavy (non-hydrogen) atoms. The molecule has 15 heteroatoms. The average Bonchev–Trinajstić information content (AvgIpc) is 3.13. The Balaban J connectivity index is 2.99. The normalized spacial score (nSPS) is 16.0. The molecule has 0 spiro atoms. The summed E-state index contributed by atoms with van der Waals surface area (Å²) in [5, 5.41) is 22.3. The van der Waals surface area contributed by atoms with Crippen molar-refractivity contribution >= 4 is 22.1 Å². The van der Waals surface area contributed by atoms with Crippen molar-refractivity contribution in [3.63, 3.8) is 0 Å². The van der Waals surface area contributed by atoms with E-state index in [0.29, 0.717) is 13.0 Å². The molecule has 0 fully saturated rings. The lowest BCUT2D eigenvalue weighted by atomic mass is 10.1. The van der Waals surface area contributed by atoms with Gasteiger partial charge < -0.3 is 31.9 Å². The minimum Gasteiger partial charge on any atom is -0.480 e. The maximum Gasteiger partial charge on any atom is 0.324 e. The number of aliphatic hydroxyl groups is 1. The summed E-state index contributed by atoms with van der Waals surface area (Å²) in [6.07, 6.45) is 0.172. The molecule has 14 nitrogen and oxygen atoms in total. The van der Waals surface area contributed by atoms with Crippen molar-refractivity contribution in [3.05, 3.63) is 11.7 Å². The largest absolute Gasteiger partial charge is 0.480 e. The Kier molecular flexibility index (Phi) is 10.2. The lowest BCUT2D eigenvalue weighted by Gasteiger charge is -2.20. The molecule has 0 radical (unpaired) electrons. The summed E-state index contributed by atoms with van der Waals surface area (Å²) < 4.78 is 33.8. The standard InChI is InChI=1S/C15H29N7O7S/c1-8(23)12(15(25)26)22-30(27,28)21-10(5-6-11(18)24)14-19-13(20-29-14)9(17)4-2-3-7-16/h8-10,12,21-23H,2-7,16-17H2,1H3,(H2,18,24)(H,25,26)/t8?,9-,10-,12?/m0/s1. The van der Waals surface area contributed by atoms with Gasteiger partial charge >= 0.3 is 5.97 Å². The summed E-state index contributed by atoms with van der Waals surface area (Å²) in [6.45, 7) is 1.63. The van der Waals surface area contributed by atoms with Crippen molar-refractivity contribution in [3.8, 4) is 0 Å². The monoisotopic (exact) mass is 451 g/mol. The second-order valence-electron chi connectivity index (χ2n) is 6.73. The Morgan fingerprint density at radius 1 is 1.23 bits per heavy atom. The quantitative estimate of drug-likeness (QED) is 0.140. The van der Waals surface area contributed by atoms with Gasteiger partial charge in [0.05, 0.1) is 12.1 Å². The van der Waals surface area contributed by atoms with E-state index >= 15 is 0 Å². The summed E-state index contributed by atoms with van der Waals surface area (Å²) in [7, 11) is -4.46. The van der Waals surface area contributed by atoms with E-state index in [9.17, 15) is 23.1 Å². The fraction of sp³-hybridized carbons (Fsp3) is 0.733. The summed E-state index contributed by atoms with van der Waals surface area (Å²) >= 11 is 0. The number of aliphatic carboxylic acids is 1. The first-order chi connectivity index (χ1) is 14.0. The number of nitrogens with zero attached hydrogens (tertiary/aromatic N) is 2. The van der Waals surface area contributed by atoms with Gasteiger partial charge in [-0.25, -0.2) is 0 Å². The SMILES string of the molecule is CC(O)C(NS(=O)(=O)N[C@@H](CCC(N)=O)c1nc([C@@H](N)CCCCN)no1)C(=O)O. The molecule has 0 saturated heterocycles. The van der Waals surface area contributed by atoms with Crippen LogP contribution in [0.25, 0.3) is 0 Å². The molecule has 0 aromatic carbocycles. The number of hydrogen-bond donors (Lipinski definition) is 7. The smallest absolute Gasteiger partial charge is 0.324 e. The van der Waals surface area contributed by atoms with Crippen LogP contribution in [0.3, 0.4) is 0 Å². The van der Waals surface area contributed by atoms with Crippen LogP contribution < -0.4 is 26.6 Å². The predicted molar refractivity (Wildman–Crippen MR) is 104 cm³/mol. The number of primary amides is 1. The molecule has 1 amide bonds. The zero-order valence-electron chi connectivity index (χ0n) is 16.5. The van der Waals surface area contributed by atoms with Gasteiger partial charge in [-0.05, 0) is 32.7 Å². The van der Waals surface area contributed by atoms with Crippen LogP contribution in [-0.4, -0.2) is 59.3 Å². The van der Waals surface area contributed by atoms with Crippen molar-refractivity contribution < 1.29 is 32.7 Å². The molecule has 1 rings (SSSR count). The highest BCUT2D eigenvalue weighted by Crippen LogP contribution is 2.21. The fourth-order valence-corrected chi connectivity index (χ4v) is 3.73. The molecule has 2 unspecified atom stereocenters. The number of carbonyl (C=O) groups is 2. The van der Waals surface area contributed by atoms with Crippen LogP contribution in [0, 0.1) is 0 Å². The Bertz CT molecular complexity index is 799. The third-order valence-corrected chi connectivity index (χ3v) is 5.22. The molecule has 172 valence electrons. The lowest BCUT2D eigenvalue weighted by molar-refractivity contribution is -0.141. The number of rotatable bonds is 15. The van der Waals surface area contributed by atoms with Crippen molar-refractivity contribution in [1.29, 1.82) is 0 Å². The van der Waals surface area contributed by atoms with E-state index in [1.807, 2.05) is 4.72 Å². The van der Waals surface area contributed by atoms with Gasteiger partial charge in [-0.2, -0.15) is 22.8 Å². The zero-order chi connectivity index (χ0) is 22.9. The van der Waals surface area contributed by atoms with Gasteiger partial charge in [0.25, 0.3) is 10.2 Å². The summed E-state index contributed by atoms with van der Waals surface area (Å²) in [5.74, 6) is -2.30. The minimum atomic E-state index is -4.46. The molecule has 0 aliphatic carbocycles. The number of unbranched alkanes of at least 4 members (excludes halogenated alkanes) is 1. The second-order valence-corrected chi connectivity index (χ2v) is 8.21. The molecule has 4 atom stereocenters. The first kappa shape index (κ1) is 25.9. The maximum atomic E-state index is 12.4. The molecular formula is C15H29N7O7S. The van der Waals surface area contributed by atoms with E-state index in [4.69, 9.17) is 26.8 Å². The van der Waals surface area contributed by atoms with Gasteiger partial charge in [0, 0.05) is 6.42 Å². The van der Waals surface area contributed by atoms with E-state index in [-0.39, 0.29) is 24.6 Å². The van der Waals surface area contributed by atoms with Gasteiger partial charge in [-0.1, -0.05) is 11.6 Å². The topological polar surface area (TPSA) is 250 Å². The van der Waals surface area contributed by atoms with Gasteiger partial charge in [0.1, 0.15) is 12.1 Å². The molecule has 0 bridgehead atoms. The van der Waals surface area contributed by atoms with E-state index < -0.39 is 46.3 Å². The number of aromatic nitrogens is 2. The predicted octanol–water partition coefficient (Wildman–Crippen LogP) is -2.24. The zero-order valence-corrected chi connectivity index (χ0v) is 17.3. The first-order valence-electron chi connectivity index (χ1n) is 9.24. The van der Waals surface area contributed by atoms with Gasteiger partial charge in [0.2, 0.25) is 11.8 Å². The molecular weight excluding hydrogens is 422 g/mol. The number of hydrogen-bond acceptors (Lipinski definition) is 10. The van der Waals surface area contributed by atoms with Crippen LogP contribution in [0.4, 0.5) is 0 Å². The first-order valence-corrected chi connectivity index (χ1v) is 10.7. The Morgan fingerprint density at radius 2 is 1.90 bits per heavy atom. The number of carboxylic acids is 1. The van der Waals surface area contributed by atoms with Gasteiger partial charge in [-0.3, -0.25) is 9.59 Å². The number of carboxylic acid groups (broad SMARTS) is 1. The number of aliphatic hydroxyl groups excluding tert-OH is 1. The number of nitrogens with two attached hydrogens (primary N) is 3. The Labute approximate surface area is 173 Å². The summed E-state index contributed by atoms with van der Waals surface area (Å²) in [6, 6.07) is -3.54. The molecule has 0 aliphatic rings. The number of carbonyl (C=O) groups excluding carboxylic acids is 1. The molecule has 0 saturated carbocycles. The highest BCUT2D eigenvalue weighted by atomic mass is 32.2. The Hall–Kier alpha value is -2.17. The number of nitrogens with one attached hydrogen (secondary N) is 2. The minimum absolute atomic E-state index is 0.132. The van der Waals surface area contributed by atoms with E-state index in [2.05, 4.69) is 14.9 Å². The molecule has 1 heterocycles. The van der Waals surface area contributed by atoms with Crippen LogP contribution in [0.1, 0.15) is 62.8 Å². The lowest BCUT2D eigenvalue weighted by Crippen LogP contribution is -2.52. The van der Waals surface area contributed by atoms with E-state index in [1.165, 1.54) is 0 Å². The van der Waals surface area contributed by atoms with Gasteiger partial charge in [-0.15, -0.1) is 0 Å². The van der Waals surface area contributed by atoms with Crippen LogP contribution in [0.2, 0.25) is 0 Å². The molecule has 0 aliphatic heterocycles. The van der Waals surface area contributed by atoms with Crippen LogP contribution in [0.5, 0.6) is 0 Å². The highest BCUT2D eigenvalue weighted by molar-refractivity contribution is 7.87. The van der Waals surface area contributed by atoms with Crippen molar-refractivity contribution in [2.45, 2.75) is 63.3 Å². The van der Waals surface area contributed by atoms with Gasteiger partial charge in [0.15, 0.2) is 5.82 Å². The van der Waals surface area contributed by atoms with Crippen LogP contribution >= 0.6 is 0 Å². The van der Waals surface area contributed by atoms with E-state index in [1.54, 1.807) is 0 Å². The third-order valence-electron chi connectivity index (χ3n) is 4.06. The fourth-order valence-electron chi connectivity index (χ4n) is 2.44.